The fraction of sp³-hybridized carbons (Fsp3) is 0.111. The molecule has 0 saturated carbocycles. The summed E-state index contributed by atoms with van der Waals surface area (Å²) in [5, 5.41) is 4.23. The number of imidazole rings is 1. The molecule has 1 amide bonds. The lowest BCUT2D eigenvalue weighted by atomic mass is 10.1. The second kappa shape index (κ2) is 8.25. The van der Waals surface area contributed by atoms with Crippen LogP contribution in [0, 0.1) is 6.92 Å². The van der Waals surface area contributed by atoms with Gasteiger partial charge in [0, 0.05) is 53.5 Å². The lowest BCUT2D eigenvalue weighted by Gasteiger charge is -2.17. The van der Waals surface area contributed by atoms with Gasteiger partial charge < -0.3 is 19.4 Å². The molecule has 0 bridgehead atoms. The average Bonchev–Trinajstić information content (AvgIpc) is 3.47. The van der Waals surface area contributed by atoms with E-state index in [4.69, 9.17) is 4.74 Å². The van der Waals surface area contributed by atoms with Crippen molar-refractivity contribution in [3.63, 3.8) is 0 Å². The van der Waals surface area contributed by atoms with Gasteiger partial charge in [0.25, 0.3) is 5.91 Å². The molecule has 1 aliphatic heterocycles. The van der Waals surface area contributed by atoms with Crippen molar-refractivity contribution in [2.24, 2.45) is 0 Å². The number of ether oxygens (including phenoxy) is 1. The Bertz CT molecular complexity index is 1620. The molecule has 1 N–H and O–H groups in total. The Kier molecular flexibility index (Phi) is 4.92. The molecule has 172 valence electrons. The number of hydrogen-bond donors (Lipinski definition) is 1. The van der Waals surface area contributed by atoms with Gasteiger partial charge in [0.2, 0.25) is 0 Å². The number of fused-ring (bicyclic) bond motifs is 2. The summed E-state index contributed by atoms with van der Waals surface area (Å²) in [6.07, 6.45) is 7.78. The molecule has 35 heavy (non-hydrogen) atoms. The van der Waals surface area contributed by atoms with E-state index in [1.165, 1.54) is 6.33 Å². The van der Waals surface area contributed by atoms with Crippen LogP contribution >= 0.6 is 0 Å². The summed E-state index contributed by atoms with van der Waals surface area (Å²) in [5.41, 5.74) is 4.91. The number of carbonyl (C=O) groups excluding carboxylic acids is 1. The van der Waals surface area contributed by atoms with E-state index in [1.54, 1.807) is 11.1 Å². The van der Waals surface area contributed by atoms with E-state index >= 15 is 0 Å². The number of nitrogens with zero attached hydrogens (tertiary/aromatic N) is 5. The van der Waals surface area contributed by atoms with Crippen LogP contribution in [0.4, 0.5) is 17.2 Å². The molecule has 0 aliphatic carbocycles. The summed E-state index contributed by atoms with van der Waals surface area (Å²) in [4.78, 5) is 27.3. The number of amides is 1. The molecule has 2 aromatic carbocycles. The van der Waals surface area contributed by atoms with Gasteiger partial charge in [0.1, 0.15) is 29.3 Å². The largest absolute Gasteiger partial charge is 0.457 e. The molecule has 0 atom stereocenters. The first kappa shape index (κ1) is 20.9. The zero-order valence-corrected chi connectivity index (χ0v) is 19.1. The van der Waals surface area contributed by atoms with E-state index in [-0.39, 0.29) is 5.91 Å². The normalized spacial score (nSPS) is 13.7. The summed E-state index contributed by atoms with van der Waals surface area (Å²) in [6, 6.07) is 15.5. The van der Waals surface area contributed by atoms with E-state index in [9.17, 15) is 4.79 Å². The summed E-state index contributed by atoms with van der Waals surface area (Å²) >= 11 is 0. The fourth-order valence-electron chi connectivity index (χ4n) is 4.26. The lowest BCUT2D eigenvalue weighted by Crippen LogP contribution is -2.24. The summed E-state index contributed by atoms with van der Waals surface area (Å²) in [7, 11) is 0. The highest BCUT2D eigenvalue weighted by Crippen LogP contribution is 2.32. The molecule has 0 radical (unpaired) electrons. The molecule has 1 fully saturated rings. The zero-order valence-electron chi connectivity index (χ0n) is 19.1. The molecular weight excluding hydrogens is 440 g/mol. The molecule has 3 aromatic heterocycles. The van der Waals surface area contributed by atoms with Crippen LogP contribution in [0.2, 0.25) is 0 Å². The maximum absolute atomic E-state index is 12.4. The first-order chi connectivity index (χ1) is 17.0. The molecule has 8 heteroatoms. The average molecular weight is 463 g/mol. The number of rotatable bonds is 5. The van der Waals surface area contributed by atoms with Crippen molar-refractivity contribution in [2.45, 2.75) is 13.3 Å². The third-order valence-electron chi connectivity index (χ3n) is 6.15. The minimum Gasteiger partial charge on any atom is -0.457 e. The first-order valence-corrected chi connectivity index (χ1v) is 11.3. The molecule has 4 heterocycles. The molecule has 6 rings (SSSR count). The molecule has 5 aromatic rings. The van der Waals surface area contributed by atoms with Gasteiger partial charge in [-0.2, -0.15) is 0 Å². The van der Waals surface area contributed by atoms with Crippen LogP contribution in [0.15, 0.2) is 85.6 Å². The number of pyridine rings is 1. The Morgan fingerprint density at radius 1 is 1.03 bits per heavy atom. The standard InChI is InChI=1S/C27H22N6O2/c1-17-7-11-33(27(17)34)20-4-5-23-22(14-20)26(30-16-29-23)31-19-3-6-24(18(2)13-19)35-21-8-10-32-12-9-28-25(32)15-21/h3-6,8-10,12-16H,1,7,11H2,2H3,(H,29,30,31). The molecule has 8 nitrogen and oxygen atoms in total. The van der Waals surface area contributed by atoms with Gasteiger partial charge in [-0.3, -0.25) is 4.79 Å². The van der Waals surface area contributed by atoms with Crippen molar-refractivity contribution in [3.05, 3.63) is 91.2 Å². The number of carbonyl (C=O) groups is 1. The third-order valence-corrected chi connectivity index (χ3v) is 6.15. The van der Waals surface area contributed by atoms with Gasteiger partial charge in [0.15, 0.2) is 0 Å². The van der Waals surface area contributed by atoms with Crippen molar-refractivity contribution in [2.75, 3.05) is 16.8 Å². The minimum atomic E-state index is -0.0335. The smallest absolute Gasteiger partial charge is 0.253 e. The van der Waals surface area contributed by atoms with Crippen LogP contribution in [0.1, 0.15) is 12.0 Å². The minimum absolute atomic E-state index is 0.0335. The number of aromatic nitrogens is 4. The van der Waals surface area contributed by atoms with E-state index < -0.39 is 0 Å². The van der Waals surface area contributed by atoms with Crippen molar-refractivity contribution in [1.29, 1.82) is 0 Å². The van der Waals surface area contributed by atoms with Crippen molar-refractivity contribution >= 4 is 39.6 Å². The predicted octanol–water partition coefficient (Wildman–Crippen LogP) is 5.41. The SMILES string of the molecule is C=C1CCN(c2ccc3ncnc(Nc4ccc(Oc5ccn6ccnc6c5)c(C)c4)c3c2)C1=O. The Balaban J connectivity index is 1.27. The maximum Gasteiger partial charge on any atom is 0.253 e. The number of aryl methyl sites for hydroxylation is 1. The summed E-state index contributed by atoms with van der Waals surface area (Å²) < 4.78 is 8.03. The molecule has 0 spiro atoms. The van der Waals surface area contributed by atoms with Crippen LogP contribution in [0.25, 0.3) is 16.6 Å². The molecule has 1 saturated heterocycles. The second-order valence-corrected chi connectivity index (χ2v) is 8.50. The van der Waals surface area contributed by atoms with Crippen LogP contribution in [0.5, 0.6) is 11.5 Å². The van der Waals surface area contributed by atoms with E-state index in [1.807, 2.05) is 72.2 Å². The predicted molar refractivity (Wildman–Crippen MR) is 135 cm³/mol. The van der Waals surface area contributed by atoms with Gasteiger partial charge in [0.05, 0.1) is 5.52 Å². The van der Waals surface area contributed by atoms with E-state index in [2.05, 4.69) is 26.8 Å². The fourth-order valence-corrected chi connectivity index (χ4v) is 4.26. The van der Waals surface area contributed by atoms with Gasteiger partial charge in [-0.1, -0.05) is 6.58 Å². The molecule has 0 unspecified atom stereocenters. The second-order valence-electron chi connectivity index (χ2n) is 8.50. The van der Waals surface area contributed by atoms with Crippen molar-refractivity contribution in [3.8, 4) is 11.5 Å². The van der Waals surface area contributed by atoms with Crippen LogP contribution in [-0.2, 0) is 4.79 Å². The maximum atomic E-state index is 12.4. The molecule has 1 aliphatic rings. The first-order valence-electron chi connectivity index (χ1n) is 11.3. The van der Waals surface area contributed by atoms with Crippen molar-refractivity contribution < 1.29 is 9.53 Å². The highest BCUT2D eigenvalue weighted by molar-refractivity contribution is 6.08. The highest BCUT2D eigenvalue weighted by atomic mass is 16.5. The van der Waals surface area contributed by atoms with Crippen molar-refractivity contribution in [1.82, 2.24) is 19.4 Å². The van der Waals surface area contributed by atoms with Gasteiger partial charge in [-0.25, -0.2) is 15.0 Å². The van der Waals surface area contributed by atoms with Crippen LogP contribution in [-0.4, -0.2) is 31.8 Å². The van der Waals surface area contributed by atoms with E-state index in [0.29, 0.717) is 24.4 Å². The van der Waals surface area contributed by atoms with Gasteiger partial charge in [-0.15, -0.1) is 0 Å². The summed E-state index contributed by atoms with van der Waals surface area (Å²) in [6.45, 7) is 6.49. The Hall–Kier alpha value is -4.72. The number of nitrogens with one attached hydrogen (secondary N) is 1. The summed E-state index contributed by atoms with van der Waals surface area (Å²) in [5.74, 6) is 2.11. The quantitative estimate of drug-likeness (QED) is 0.351. The Labute approximate surface area is 201 Å². The van der Waals surface area contributed by atoms with Crippen LogP contribution < -0.4 is 15.0 Å². The lowest BCUT2D eigenvalue weighted by molar-refractivity contribution is -0.114. The monoisotopic (exact) mass is 462 g/mol. The Morgan fingerprint density at radius 2 is 1.94 bits per heavy atom. The number of anilines is 3. The van der Waals surface area contributed by atoms with E-state index in [0.717, 1.165) is 45.0 Å². The zero-order chi connectivity index (χ0) is 23.9. The third kappa shape index (κ3) is 3.85. The van der Waals surface area contributed by atoms with Gasteiger partial charge >= 0.3 is 0 Å². The Morgan fingerprint density at radius 3 is 2.77 bits per heavy atom. The highest BCUT2D eigenvalue weighted by Gasteiger charge is 2.25. The topological polar surface area (TPSA) is 84.7 Å². The van der Waals surface area contributed by atoms with Gasteiger partial charge in [-0.05, 0) is 61.4 Å². The number of hydrogen-bond acceptors (Lipinski definition) is 6. The molecular formula is C27H22N6O2. The number of benzene rings is 2. The van der Waals surface area contributed by atoms with Crippen LogP contribution in [0.3, 0.4) is 0 Å².